The molecule has 3 aromatic rings. The van der Waals surface area contributed by atoms with Gasteiger partial charge in [-0.25, -0.2) is 9.07 Å². The summed E-state index contributed by atoms with van der Waals surface area (Å²) in [6.45, 7) is 7.54. The molecule has 1 saturated heterocycles. The van der Waals surface area contributed by atoms with E-state index >= 15 is 0 Å². The van der Waals surface area contributed by atoms with Crippen molar-refractivity contribution in [1.29, 1.82) is 0 Å². The number of nitrogens with zero attached hydrogens (tertiary/aromatic N) is 5. The summed E-state index contributed by atoms with van der Waals surface area (Å²) in [5, 5.41) is 14.4. The predicted octanol–water partition coefficient (Wildman–Crippen LogP) is 3.38. The van der Waals surface area contributed by atoms with Gasteiger partial charge in [-0.15, -0.1) is 5.10 Å². The Labute approximate surface area is 151 Å². The molecule has 2 aromatic heterocycles. The first kappa shape index (κ1) is 16.8. The summed E-state index contributed by atoms with van der Waals surface area (Å²) in [5.41, 5.74) is 3.54. The van der Waals surface area contributed by atoms with E-state index in [-0.39, 0.29) is 0 Å². The fraction of sp³-hybridized carbons (Fsp3) is 0.421. The molecule has 0 N–H and O–H groups in total. The van der Waals surface area contributed by atoms with E-state index in [9.17, 15) is 4.39 Å². The number of anilines is 1. The maximum atomic E-state index is 13.7. The van der Waals surface area contributed by atoms with Gasteiger partial charge in [0.1, 0.15) is 17.4 Å². The smallest absolute Gasteiger partial charge is 0.179 e. The lowest BCUT2D eigenvalue weighted by Crippen LogP contribution is -2.22. The Balaban J connectivity index is 1.81. The van der Waals surface area contributed by atoms with Crippen LogP contribution in [0.1, 0.15) is 24.7 Å². The topological polar surface area (TPSA) is 56.1 Å². The largest absolute Gasteiger partial charge is 0.494 e. The van der Waals surface area contributed by atoms with Gasteiger partial charge in [-0.05, 0) is 51.5 Å². The minimum absolute atomic E-state index is 0.349. The second kappa shape index (κ2) is 6.55. The van der Waals surface area contributed by atoms with Crippen LogP contribution in [0.4, 0.5) is 10.2 Å². The first-order valence-corrected chi connectivity index (χ1v) is 8.93. The summed E-state index contributed by atoms with van der Waals surface area (Å²) in [7, 11) is 0. The molecule has 0 amide bonds. The van der Waals surface area contributed by atoms with Crippen molar-refractivity contribution in [3.8, 4) is 11.4 Å². The number of benzene rings is 1. The summed E-state index contributed by atoms with van der Waals surface area (Å²) < 4.78 is 21.1. The molecule has 0 radical (unpaired) electrons. The van der Waals surface area contributed by atoms with Crippen LogP contribution in [0.15, 0.2) is 24.3 Å². The van der Waals surface area contributed by atoms with Gasteiger partial charge in [-0.2, -0.15) is 10.2 Å². The summed E-state index contributed by atoms with van der Waals surface area (Å²) in [6.07, 6.45) is -0.294. The number of halogens is 1. The molecule has 0 aliphatic carbocycles. The molecule has 0 spiro atoms. The van der Waals surface area contributed by atoms with E-state index in [1.807, 2.05) is 54.6 Å². The first-order valence-electron chi connectivity index (χ1n) is 8.93. The lowest BCUT2D eigenvalue weighted by atomic mass is 10.2. The highest BCUT2D eigenvalue weighted by Gasteiger charge is 2.27. The molecular weight excluding hydrogens is 333 g/mol. The van der Waals surface area contributed by atoms with E-state index in [0.29, 0.717) is 31.9 Å². The lowest BCUT2D eigenvalue weighted by molar-refractivity contribution is 0.340. The minimum Gasteiger partial charge on any atom is -0.494 e. The third-order valence-corrected chi connectivity index (χ3v) is 4.81. The van der Waals surface area contributed by atoms with E-state index in [1.165, 1.54) is 0 Å². The average Bonchev–Trinajstić information content (AvgIpc) is 3.21. The highest BCUT2D eigenvalue weighted by atomic mass is 19.1. The van der Waals surface area contributed by atoms with Gasteiger partial charge >= 0.3 is 0 Å². The molecule has 0 saturated carbocycles. The van der Waals surface area contributed by atoms with E-state index in [4.69, 9.17) is 9.84 Å². The highest BCUT2D eigenvalue weighted by Crippen LogP contribution is 2.31. The zero-order valence-electron chi connectivity index (χ0n) is 15.2. The number of alkyl halides is 1. The number of fused-ring (bicyclic) bond motifs is 1. The van der Waals surface area contributed by atoms with Crippen LogP contribution in [-0.4, -0.2) is 45.8 Å². The van der Waals surface area contributed by atoms with Crippen LogP contribution >= 0.6 is 0 Å². The molecular formula is C19H22FN5O. The van der Waals surface area contributed by atoms with Crippen molar-refractivity contribution in [3.05, 3.63) is 35.7 Å². The van der Waals surface area contributed by atoms with Crippen LogP contribution in [0.3, 0.4) is 0 Å². The molecule has 0 bridgehead atoms. The van der Waals surface area contributed by atoms with Crippen LogP contribution in [0.5, 0.6) is 5.75 Å². The third kappa shape index (κ3) is 2.77. The molecule has 1 aliphatic rings. The van der Waals surface area contributed by atoms with E-state index in [2.05, 4.69) is 10.2 Å². The molecule has 1 atom stereocenters. The fourth-order valence-corrected chi connectivity index (χ4v) is 3.54. The molecule has 1 fully saturated rings. The highest BCUT2D eigenvalue weighted by molar-refractivity contribution is 5.92. The predicted molar refractivity (Wildman–Crippen MR) is 99.0 cm³/mol. The third-order valence-electron chi connectivity index (χ3n) is 4.81. The number of hydrogen-bond acceptors (Lipinski definition) is 5. The van der Waals surface area contributed by atoms with Gasteiger partial charge in [0.05, 0.1) is 35.6 Å². The molecule has 1 aromatic carbocycles. The number of ether oxygens (including phenoxy) is 1. The van der Waals surface area contributed by atoms with Crippen LogP contribution in [-0.2, 0) is 0 Å². The SMILES string of the molecule is CCOc1ccc(-n2nc3c(N4CC[C@H](F)C4)nnc(C)c3c2C)cc1. The number of aryl methyl sites for hydroxylation is 2. The van der Waals surface area contributed by atoms with Crippen molar-refractivity contribution in [2.24, 2.45) is 0 Å². The van der Waals surface area contributed by atoms with Gasteiger partial charge in [-0.3, -0.25) is 0 Å². The summed E-state index contributed by atoms with van der Waals surface area (Å²) in [6, 6.07) is 7.83. The zero-order chi connectivity index (χ0) is 18.3. The molecule has 136 valence electrons. The van der Waals surface area contributed by atoms with E-state index in [0.717, 1.165) is 33.7 Å². The summed E-state index contributed by atoms with van der Waals surface area (Å²) in [4.78, 5) is 1.94. The van der Waals surface area contributed by atoms with Crippen molar-refractivity contribution in [3.63, 3.8) is 0 Å². The summed E-state index contributed by atoms with van der Waals surface area (Å²) in [5.74, 6) is 1.50. The Morgan fingerprint density at radius 3 is 2.62 bits per heavy atom. The normalized spacial score (nSPS) is 17.2. The lowest BCUT2D eigenvalue weighted by Gasteiger charge is -2.15. The molecule has 26 heavy (non-hydrogen) atoms. The van der Waals surface area contributed by atoms with Crippen LogP contribution in [0, 0.1) is 13.8 Å². The Bertz CT molecular complexity index is 937. The van der Waals surface area contributed by atoms with Gasteiger partial charge in [0.2, 0.25) is 0 Å². The monoisotopic (exact) mass is 355 g/mol. The van der Waals surface area contributed by atoms with Crippen molar-refractivity contribution in [2.75, 3.05) is 24.6 Å². The van der Waals surface area contributed by atoms with Crippen LogP contribution in [0.2, 0.25) is 0 Å². The van der Waals surface area contributed by atoms with Gasteiger partial charge in [0, 0.05) is 6.54 Å². The van der Waals surface area contributed by atoms with Crippen molar-refractivity contribution >= 4 is 16.7 Å². The average molecular weight is 355 g/mol. The van der Waals surface area contributed by atoms with E-state index in [1.54, 1.807) is 0 Å². The maximum absolute atomic E-state index is 13.7. The van der Waals surface area contributed by atoms with Gasteiger partial charge in [0.15, 0.2) is 5.82 Å². The Morgan fingerprint density at radius 1 is 1.19 bits per heavy atom. The second-order valence-corrected chi connectivity index (χ2v) is 6.59. The first-order chi connectivity index (χ1) is 12.6. The van der Waals surface area contributed by atoms with Crippen LogP contribution < -0.4 is 9.64 Å². The summed E-state index contributed by atoms with van der Waals surface area (Å²) >= 11 is 0. The zero-order valence-corrected chi connectivity index (χ0v) is 15.2. The molecule has 1 aliphatic heterocycles. The fourth-order valence-electron chi connectivity index (χ4n) is 3.54. The Morgan fingerprint density at radius 2 is 1.96 bits per heavy atom. The molecule has 7 heteroatoms. The number of hydrogen-bond donors (Lipinski definition) is 0. The van der Waals surface area contributed by atoms with Crippen LogP contribution in [0.25, 0.3) is 16.6 Å². The quantitative estimate of drug-likeness (QED) is 0.718. The van der Waals surface area contributed by atoms with Gasteiger partial charge < -0.3 is 9.64 Å². The van der Waals surface area contributed by atoms with Crippen molar-refractivity contribution < 1.29 is 9.13 Å². The van der Waals surface area contributed by atoms with Crippen molar-refractivity contribution in [1.82, 2.24) is 20.0 Å². The number of aromatic nitrogens is 4. The molecule has 3 heterocycles. The molecule has 4 rings (SSSR count). The maximum Gasteiger partial charge on any atom is 0.179 e. The van der Waals surface area contributed by atoms with Crippen molar-refractivity contribution in [2.45, 2.75) is 33.4 Å². The van der Waals surface area contributed by atoms with E-state index < -0.39 is 6.17 Å². The molecule has 6 nitrogen and oxygen atoms in total. The second-order valence-electron chi connectivity index (χ2n) is 6.59. The standard InChI is InChI=1S/C19H22FN5O/c1-4-26-16-7-5-15(6-8-16)25-13(3)17-12(2)21-22-19(18(17)23-25)24-10-9-14(20)11-24/h5-8,14H,4,9-11H2,1-3H3/t14-/m0/s1. The van der Waals surface area contributed by atoms with Gasteiger partial charge in [0.25, 0.3) is 0 Å². The Hall–Kier alpha value is -2.70. The minimum atomic E-state index is -0.817. The molecule has 0 unspecified atom stereocenters. The van der Waals surface area contributed by atoms with Gasteiger partial charge in [-0.1, -0.05) is 0 Å². The Kier molecular flexibility index (Phi) is 4.22. The number of rotatable bonds is 4.